The van der Waals surface area contributed by atoms with Crippen LogP contribution in [0.2, 0.25) is 0 Å². The van der Waals surface area contributed by atoms with Crippen LogP contribution in [0.3, 0.4) is 0 Å². The molecule has 1 saturated heterocycles. The molecule has 0 aromatic rings. The van der Waals surface area contributed by atoms with Crippen LogP contribution in [0.15, 0.2) is 0 Å². The lowest BCUT2D eigenvalue weighted by molar-refractivity contribution is -0.134. The molecule has 6 heteroatoms. The molecule has 1 fully saturated rings. The van der Waals surface area contributed by atoms with Gasteiger partial charge in [0.25, 0.3) is 5.91 Å². The van der Waals surface area contributed by atoms with Crippen molar-refractivity contribution in [3.8, 4) is 0 Å². The average Bonchev–Trinajstić information content (AvgIpc) is 2.26. The number of aliphatic hydroxyl groups is 2. The Morgan fingerprint density at radius 2 is 2.50 bits per heavy atom. The normalized spacial score (nSPS) is 24.3. The standard InChI is InChI=1S/C8H16N2O4/c11-5-6(12)3-10-8(13)7-4-9-1-2-14-7/h6-7,9,11-12H,1-5H2,(H,10,13). The molecule has 0 spiro atoms. The van der Waals surface area contributed by atoms with Gasteiger partial charge in [-0.05, 0) is 0 Å². The number of morpholine rings is 1. The molecular formula is C8H16N2O4. The number of nitrogens with one attached hydrogen (secondary N) is 2. The summed E-state index contributed by atoms with van der Waals surface area (Å²) in [5.41, 5.74) is 0. The molecule has 1 amide bonds. The minimum atomic E-state index is -0.907. The Labute approximate surface area is 82.3 Å². The van der Waals surface area contributed by atoms with Crippen molar-refractivity contribution in [2.24, 2.45) is 0 Å². The van der Waals surface area contributed by atoms with Crippen LogP contribution in [0.5, 0.6) is 0 Å². The van der Waals surface area contributed by atoms with Gasteiger partial charge in [-0.25, -0.2) is 0 Å². The maximum absolute atomic E-state index is 11.3. The van der Waals surface area contributed by atoms with E-state index in [1.54, 1.807) is 0 Å². The molecule has 0 bridgehead atoms. The van der Waals surface area contributed by atoms with Crippen LogP contribution in [0.4, 0.5) is 0 Å². The zero-order chi connectivity index (χ0) is 10.4. The van der Waals surface area contributed by atoms with Crippen LogP contribution in [-0.2, 0) is 9.53 Å². The number of ether oxygens (including phenoxy) is 1. The highest BCUT2D eigenvalue weighted by Crippen LogP contribution is 1.95. The van der Waals surface area contributed by atoms with E-state index in [0.717, 1.165) is 6.54 Å². The summed E-state index contributed by atoms with van der Waals surface area (Å²) in [6.45, 7) is 1.45. The van der Waals surface area contributed by atoms with Gasteiger partial charge >= 0.3 is 0 Å². The number of carbonyl (C=O) groups is 1. The van der Waals surface area contributed by atoms with Crippen LogP contribution in [0.25, 0.3) is 0 Å². The maximum atomic E-state index is 11.3. The number of carbonyl (C=O) groups excluding carboxylic acids is 1. The fourth-order valence-electron chi connectivity index (χ4n) is 1.13. The molecule has 0 aromatic heterocycles. The Kier molecular flexibility index (Phi) is 4.81. The van der Waals surface area contributed by atoms with Gasteiger partial charge in [0, 0.05) is 19.6 Å². The van der Waals surface area contributed by atoms with Crippen LogP contribution in [0.1, 0.15) is 0 Å². The van der Waals surface area contributed by atoms with Gasteiger partial charge < -0.3 is 25.6 Å². The molecule has 82 valence electrons. The number of aliphatic hydroxyl groups excluding tert-OH is 2. The van der Waals surface area contributed by atoms with Crippen molar-refractivity contribution >= 4 is 5.91 Å². The predicted molar refractivity (Wildman–Crippen MR) is 48.7 cm³/mol. The highest BCUT2D eigenvalue weighted by atomic mass is 16.5. The molecule has 6 nitrogen and oxygen atoms in total. The van der Waals surface area contributed by atoms with Crippen LogP contribution in [0, 0.1) is 0 Å². The van der Waals surface area contributed by atoms with Crippen molar-refractivity contribution in [3.05, 3.63) is 0 Å². The third-order valence-corrected chi connectivity index (χ3v) is 1.94. The van der Waals surface area contributed by atoms with E-state index in [2.05, 4.69) is 10.6 Å². The average molecular weight is 204 g/mol. The summed E-state index contributed by atoms with van der Waals surface area (Å²) in [5, 5.41) is 23.0. The summed E-state index contributed by atoms with van der Waals surface area (Å²) in [6.07, 6.45) is -1.40. The third-order valence-electron chi connectivity index (χ3n) is 1.94. The van der Waals surface area contributed by atoms with E-state index in [-0.39, 0.29) is 19.1 Å². The minimum absolute atomic E-state index is 0.0508. The van der Waals surface area contributed by atoms with Gasteiger partial charge in [0.2, 0.25) is 0 Å². The van der Waals surface area contributed by atoms with Crippen molar-refractivity contribution in [1.82, 2.24) is 10.6 Å². The van der Waals surface area contributed by atoms with Crippen molar-refractivity contribution in [3.63, 3.8) is 0 Å². The highest BCUT2D eigenvalue weighted by Gasteiger charge is 2.21. The van der Waals surface area contributed by atoms with Gasteiger partial charge in [-0.1, -0.05) is 0 Å². The van der Waals surface area contributed by atoms with E-state index in [0.29, 0.717) is 13.2 Å². The van der Waals surface area contributed by atoms with E-state index >= 15 is 0 Å². The first-order chi connectivity index (χ1) is 6.74. The number of hydrogen-bond acceptors (Lipinski definition) is 5. The second kappa shape index (κ2) is 5.92. The number of hydrogen-bond donors (Lipinski definition) is 4. The van der Waals surface area contributed by atoms with Crippen molar-refractivity contribution in [2.75, 3.05) is 32.8 Å². The van der Waals surface area contributed by atoms with Crippen LogP contribution >= 0.6 is 0 Å². The van der Waals surface area contributed by atoms with Gasteiger partial charge in [0.15, 0.2) is 0 Å². The summed E-state index contributed by atoms with van der Waals surface area (Å²) in [4.78, 5) is 11.3. The lowest BCUT2D eigenvalue weighted by Gasteiger charge is -2.23. The first kappa shape index (κ1) is 11.4. The molecule has 1 aliphatic rings. The third kappa shape index (κ3) is 3.59. The number of rotatable bonds is 4. The Balaban J connectivity index is 2.19. The summed E-state index contributed by atoms with van der Waals surface area (Å²) in [5.74, 6) is -0.260. The molecule has 2 unspecified atom stereocenters. The lowest BCUT2D eigenvalue weighted by atomic mass is 10.3. The molecule has 2 atom stereocenters. The fourth-order valence-corrected chi connectivity index (χ4v) is 1.13. The largest absolute Gasteiger partial charge is 0.394 e. The van der Waals surface area contributed by atoms with E-state index in [9.17, 15) is 4.79 Å². The smallest absolute Gasteiger partial charge is 0.250 e. The topological polar surface area (TPSA) is 90.8 Å². The van der Waals surface area contributed by atoms with Crippen LogP contribution < -0.4 is 10.6 Å². The second-order valence-electron chi connectivity index (χ2n) is 3.15. The monoisotopic (exact) mass is 204 g/mol. The highest BCUT2D eigenvalue weighted by molar-refractivity contribution is 5.81. The summed E-state index contributed by atoms with van der Waals surface area (Å²) in [7, 11) is 0. The molecule has 0 saturated carbocycles. The van der Waals surface area contributed by atoms with E-state index < -0.39 is 12.2 Å². The first-order valence-corrected chi connectivity index (χ1v) is 4.63. The zero-order valence-electron chi connectivity index (χ0n) is 7.90. The molecule has 1 rings (SSSR count). The molecule has 14 heavy (non-hydrogen) atoms. The lowest BCUT2D eigenvalue weighted by Crippen LogP contribution is -2.49. The molecule has 0 aliphatic carbocycles. The van der Waals surface area contributed by atoms with Gasteiger partial charge in [-0.3, -0.25) is 4.79 Å². The quantitative estimate of drug-likeness (QED) is 0.404. The Morgan fingerprint density at radius 3 is 3.07 bits per heavy atom. The molecule has 0 radical (unpaired) electrons. The van der Waals surface area contributed by atoms with Crippen LogP contribution in [-0.4, -0.2) is 61.2 Å². The Morgan fingerprint density at radius 1 is 1.71 bits per heavy atom. The molecule has 4 N–H and O–H groups in total. The summed E-state index contributed by atoms with van der Waals surface area (Å²) >= 11 is 0. The summed E-state index contributed by atoms with van der Waals surface area (Å²) in [6, 6.07) is 0. The minimum Gasteiger partial charge on any atom is -0.394 e. The predicted octanol–water partition coefficient (Wildman–Crippen LogP) is -2.56. The van der Waals surface area contributed by atoms with Gasteiger partial charge in [0.1, 0.15) is 6.10 Å². The second-order valence-corrected chi connectivity index (χ2v) is 3.15. The fraction of sp³-hybridized carbons (Fsp3) is 0.875. The maximum Gasteiger partial charge on any atom is 0.250 e. The molecule has 0 aromatic carbocycles. The van der Waals surface area contributed by atoms with E-state index in [4.69, 9.17) is 14.9 Å². The number of amides is 1. The van der Waals surface area contributed by atoms with Gasteiger partial charge in [0.05, 0.1) is 19.3 Å². The van der Waals surface area contributed by atoms with Crippen molar-refractivity contribution < 1.29 is 19.7 Å². The van der Waals surface area contributed by atoms with Crippen molar-refractivity contribution in [2.45, 2.75) is 12.2 Å². The molecule has 1 aliphatic heterocycles. The zero-order valence-corrected chi connectivity index (χ0v) is 7.90. The van der Waals surface area contributed by atoms with E-state index in [1.807, 2.05) is 0 Å². The van der Waals surface area contributed by atoms with Crippen molar-refractivity contribution in [1.29, 1.82) is 0 Å². The first-order valence-electron chi connectivity index (χ1n) is 4.63. The Bertz CT molecular complexity index is 182. The molecular weight excluding hydrogens is 188 g/mol. The Hall–Kier alpha value is -0.690. The molecule has 1 heterocycles. The van der Waals surface area contributed by atoms with E-state index in [1.165, 1.54) is 0 Å². The van der Waals surface area contributed by atoms with Gasteiger partial charge in [-0.15, -0.1) is 0 Å². The summed E-state index contributed by atoms with van der Waals surface area (Å²) < 4.78 is 5.19. The van der Waals surface area contributed by atoms with Gasteiger partial charge in [-0.2, -0.15) is 0 Å². The SMILES string of the molecule is O=C(NCC(O)CO)C1CNCCO1.